The summed E-state index contributed by atoms with van der Waals surface area (Å²) >= 11 is 0. The third-order valence-electron chi connectivity index (χ3n) is 9.69. The van der Waals surface area contributed by atoms with Gasteiger partial charge in [-0.1, -0.05) is 128 Å². The molecule has 0 aliphatic heterocycles. The standard InChI is InChI=1S/C38H68O3/c1-7-10-28-38(29-11-8-2,30-12-9-3)31-21-16-14-13-15-20-27-37(4,5)41-36-34(39-6)25-22-26-35(36)40-32-33-23-18-17-19-24-33/h17-19,23-24,34-36H,7-16,20-22,25-32H2,1-6H3. The summed E-state index contributed by atoms with van der Waals surface area (Å²) in [5, 5.41) is 0. The van der Waals surface area contributed by atoms with Gasteiger partial charge in [0.1, 0.15) is 6.10 Å². The van der Waals surface area contributed by atoms with Gasteiger partial charge in [0, 0.05) is 7.11 Å². The molecule has 0 bridgehead atoms. The summed E-state index contributed by atoms with van der Waals surface area (Å²) in [7, 11) is 1.83. The molecule has 0 amide bonds. The average Bonchev–Trinajstić information content (AvgIpc) is 2.98. The molecule has 3 unspecified atom stereocenters. The molecule has 1 aromatic carbocycles. The van der Waals surface area contributed by atoms with Crippen molar-refractivity contribution in [3.8, 4) is 0 Å². The topological polar surface area (TPSA) is 27.7 Å². The zero-order valence-corrected chi connectivity index (χ0v) is 28.2. The van der Waals surface area contributed by atoms with Crippen LogP contribution < -0.4 is 0 Å². The van der Waals surface area contributed by atoms with E-state index in [-0.39, 0.29) is 23.9 Å². The van der Waals surface area contributed by atoms with Crippen molar-refractivity contribution in [2.75, 3.05) is 7.11 Å². The summed E-state index contributed by atoms with van der Waals surface area (Å²) in [5.41, 5.74) is 1.69. The molecule has 1 aliphatic carbocycles. The Morgan fingerprint density at radius 2 is 1.17 bits per heavy atom. The highest BCUT2D eigenvalue weighted by molar-refractivity contribution is 5.13. The smallest absolute Gasteiger partial charge is 0.110 e. The van der Waals surface area contributed by atoms with Crippen LogP contribution in [-0.4, -0.2) is 31.0 Å². The summed E-state index contributed by atoms with van der Waals surface area (Å²) < 4.78 is 19.1. The number of ether oxygens (including phenoxy) is 3. The van der Waals surface area contributed by atoms with Crippen molar-refractivity contribution in [1.82, 2.24) is 0 Å². The van der Waals surface area contributed by atoms with Crippen LogP contribution in [0.2, 0.25) is 0 Å². The summed E-state index contributed by atoms with van der Waals surface area (Å²) in [4.78, 5) is 0. The highest BCUT2D eigenvalue weighted by Crippen LogP contribution is 2.41. The summed E-state index contributed by atoms with van der Waals surface area (Å²) in [6, 6.07) is 10.5. The molecule has 0 saturated heterocycles. The molecule has 3 nitrogen and oxygen atoms in total. The molecule has 41 heavy (non-hydrogen) atoms. The second kappa shape index (κ2) is 20.9. The SMILES string of the molecule is CCCCC(CCCC)(CCCC)CCCCCCCCC(C)(C)OC1C(OC)CCCC1OCc1ccccc1. The molecule has 0 aromatic heterocycles. The minimum atomic E-state index is -0.162. The Morgan fingerprint density at radius 1 is 0.659 bits per heavy atom. The minimum absolute atomic E-state index is 0.000790. The van der Waals surface area contributed by atoms with E-state index in [1.807, 2.05) is 7.11 Å². The van der Waals surface area contributed by atoms with Crippen molar-refractivity contribution in [3.05, 3.63) is 35.9 Å². The van der Waals surface area contributed by atoms with E-state index in [0.717, 1.165) is 25.7 Å². The van der Waals surface area contributed by atoms with Crippen LogP contribution >= 0.6 is 0 Å². The Balaban J connectivity index is 1.73. The van der Waals surface area contributed by atoms with Crippen LogP contribution in [0.3, 0.4) is 0 Å². The van der Waals surface area contributed by atoms with E-state index in [1.165, 1.54) is 108 Å². The Labute approximate surface area is 255 Å². The van der Waals surface area contributed by atoms with Gasteiger partial charge in [0.05, 0.1) is 24.4 Å². The lowest BCUT2D eigenvalue weighted by Gasteiger charge is -2.41. The zero-order chi connectivity index (χ0) is 29.8. The molecule has 0 heterocycles. The van der Waals surface area contributed by atoms with Crippen LogP contribution in [0.4, 0.5) is 0 Å². The first-order chi connectivity index (χ1) is 19.9. The largest absolute Gasteiger partial charge is 0.379 e. The summed E-state index contributed by atoms with van der Waals surface area (Å²) in [5.74, 6) is 0. The van der Waals surface area contributed by atoms with Crippen molar-refractivity contribution in [1.29, 1.82) is 0 Å². The Morgan fingerprint density at radius 3 is 1.73 bits per heavy atom. The molecule has 0 radical (unpaired) electrons. The van der Waals surface area contributed by atoms with Crippen molar-refractivity contribution in [3.63, 3.8) is 0 Å². The Bertz CT molecular complexity index is 723. The van der Waals surface area contributed by atoms with E-state index < -0.39 is 0 Å². The van der Waals surface area contributed by atoms with Gasteiger partial charge in [-0.25, -0.2) is 0 Å². The third-order valence-corrected chi connectivity index (χ3v) is 9.69. The Hall–Kier alpha value is -0.900. The average molecular weight is 573 g/mol. The van der Waals surface area contributed by atoms with Crippen LogP contribution in [0, 0.1) is 5.41 Å². The monoisotopic (exact) mass is 573 g/mol. The number of methoxy groups -OCH3 is 1. The van der Waals surface area contributed by atoms with Crippen LogP contribution in [0.1, 0.15) is 169 Å². The molecule has 238 valence electrons. The second-order valence-corrected chi connectivity index (χ2v) is 13.8. The molecular weight excluding hydrogens is 504 g/mol. The normalized spacial score (nSPS) is 20.0. The molecular formula is C38H68O3. The van der Waals surface area contributed by atoms with Gasteiger partial charge in [-0.2, -0.15) is 0 Å². The lowest BCUT2D eigenvalue weighted by molar-refractivity contribution is -0.198. The van der Waals surface area contributed by atoms with E-state index in [4.69, 9.17) is 14.2 Å². The van der Waals surface area contributed by atoms with Gasteiger partial charge in [-0.15, -0.1) is 0 Å². The fraction of sp³-hybridized carbons (Fsp3) is 0.842. The summed E-state index contributed by atoms with van der Waals surface area (Å²) in [6.07, 6.45) is 26.8. The van der Waals surface area contributed by atoms with E-state index in [1.54, 1.807) is 0 Å². The quantitative estimate of drug-likeness (QED) is 0.115. The van der Waals surface area contributed by atoms with E-state index in [9.17, 15) is 0 Å². The molecule has 3 atom stereocenters. The lowest BCUT2D eigenvalue weighted by Crippen LogP contribution is -2.49. The predicted molar refractivity (Wildman–Crippen MR) is 177 cm³/mol. The lowest BCUT2D eigenvalue weighted by atomic mass is 9.71. The molecule has 1 fully saturated rings. The number of rotatable bonds is 24. The maximum absolute atomic E-state index is 6.81. The first-order valence-electron chi connectivity index (χ1n) is 17.7. The van der Waals surface area contributed by atoms with Gasteiger partial charge in [-0.3, -0.25) is 0 Å². The summed E-state index contributed by atoms with van der Waals surface area (Å²) in [6.45, 7) is 12.3. The van der Waals surface area contributed by atoms with Crippen molar-refractivity contribution in [2.45, 2.75) is 194 Å². The van der Waals surface area contributed by atoms with Crippen LogP contribution in [0.25, 0.3) is 0 Å². The molecule has 1 aromatic rings. The molecule has 0 spiro atoms. The number of benzene rings is 1. The van der Waals surface area contributed by atoms with Crippen LogP contribution in [0.5, 0.6) is 0 Å². The van der Waals surface area contributed by atoms with Crippen molar-refractivity contribution < 1.29 is 14.2 Å². The number of unbranched alkanes of at least 4 members (excludes halogenated alkanes) is 8. The third kappa shape index (κ3) is 14.4. The second-order valence-electron chi connectivity index (χ2n) is 13.8. The molecule has 1 aliphatic rings. The van der Waals surface area contributed by atoms with Crippen LogP contribution in [0.15, 0.2) is 30.3 Å². The predicted octanol–water partition coefficient (Wildman–Crippen LogP) is 11.6. The van der Waals surface area contributed by atoms with Gasteiger partial charge < -0.3 is 14.2 Å². The van der Waals surface area contributed by atoms with Gasteiger partial charge in [0.2, 0.25) is 0 Å². The van der Waals surface area contributed by atoms with Crippen LogP contribution in [-0.2, 0) is 20.8 Å². The van der Waals surface area contributed by atoms with Crippen molar-refractivity contribution >= 4 is 0 Å². The molecule has 2 rings (SSSR count). The van der Waals surface area contributed by atoms with E-state index in [2.05, 4.69) is 65.0 Å². The zero-order valence-electron chi connectivity index (χ0n) is 28.2. The van der Waals surface area contributed by atoms with Gasteiger partial charge >= 0.3 is 0 Å². The fourth-order valence-corrected chi connectivity index (χ4v) is 7.04. The van der Waals surface area contributed by atoms with Crippen molar-refractivity contribution in [2.24, 2.45) is 5.41 Å². The molecule has 3 heteroatoms. The maximum atomic E-state index is 6.81. The minimum Gasteiger partial charge on any atom is -0.379 e. The highest BCUT2D eigenvalue weighted by atomic mass is 16.6. The highest BCUT2D eigenvalue weighted by Gasteiger charge is 2.38. The number of hydrogen-bond acceptors (Lipinski definition) is 3. The first-order valence-corrected chi connectivity index (χ1v) is 17.7. The van der Waals surface area contributed by atoms with E-state index in [0.29, 0.717) is 12.0 Å². The van der Waals surface area contributed by atoms with Gasteiger partial charge in [0.15, 0.2) is 0 Å². The molecule has 1 saturated carbocycles. The van der Waals surface area contributed by atoms with Gasteiger partial charge in [-0.05, 0) is 76.2 Å². The maximum Gasteiger partial charge on any atom is 0.110 e. The fourth-order valence-electron chi connectivity index (χ4n) is 7.04. The first kappa shape index (κ1) is 36.3. The molecule has 0 N–H and O–H groups in total. The van der Waals surface area contributed by atoms with Gasteiger partial charge in [0.25, 0.3) is 0 Å². The Kier molecular flexibility index (Phi) is 18.5. The van der Waals surface area contributed by atoms with E-state index >= 15 is 0 Å². The number of hydrogen-bond donors (Lipinski definition) is 0.